The summed E-state index contributed by atoms with van der Waals surface area (Å²) in [4.78, 5) is 16.6. The van der Waals surface area contributed by atoms with Crippen molar-refractivity contribution >= 4 is 22.4 Å². The molecule has 0 amide bonds. The van der Waals surface area contributed by atoms with Crippen LogP contribution in [0, 0.1) is 0 Å². The average Bonchev–Trinajstić information content (AvgIpc) is 2.84. The average molecular weight is 284 g/mol. The fourth-order valence-corrected chi connectivity index (χ4v) is 3.31. The number of hydrogen-bond acceptors (Lipinski definition) is 5. The lowest BCUT2D eigenvalue weighted by molar-refractivity contribution is -0.138. The SMILES string of the molecule is CCOC(C)(C)CNc1nc2c(s1)CCC2C(=O)O. The van der Waals surface area contributed by atoms with Crippen LogP contribution in [0.15, 0.2) is 0 Å². The van der Waals surface area contributed by atoms with Gasteiger partial charge in [0.05, 0.1) is 11.3 Å². The number of nitrogens with one attached hydrogen (secondary N) is 1. The summed E-state index contributed by atoms with van der Waals surface area (Å²) in [5, 5.41) is 13.2. The lowest BCUT2D eigenvalue weighted by Crippen LogP contribution is -2.33. The Labute approximate surface area is 117 Å². The number of aromatic nitrogens is 1. The Kier molecular flexibility index (Phi) is 4.10. The molecule has 106 valence electrons. The lowest BCUT2D eigenvalue weighted by Gasteiger charge is -2.24. The third-order valence-electron chi connectivity index (χ3n) is 3.22. The van der Waals surface area contributed by atoms with Gasteiger partial charge >= 0.3 is 5.97 Å². The predicted molar refractivity (Wildman–Crippen MR) is 75.0 cm³/mol. The number of nitrogens with zero attached hydrogens (tertiary/aromatic N) is 1. The zero-order valence-corrected chi connectivity index (χ0v) is 12.3. The molecule has 0 bridgehead atoms. The summed E-state index contributed by atoms with van der Waals surface area (Å²) in [5.74, 6) is -1.20. The molecule has 2 N–H and O–H groups in total. The molecule has 0 spiro atoms. The van der Waals surface area contributed by atoms with Gasteiger partial charge in [0.15, 0.2) is 5.13 Å². The molecule has 2 rings (SSSR count). The number of rotatable bonds is 6. The van der Waals surface area contributed by atoms with Gasteiger partial charge in [0.25, 0.3) is 0 Å². The van der Waals surface area contributed by atoms with E-state index >= 15 is 0 Å². The van der Waals surface area contributed by atoms with Crippen molar-refractivity contribution in [3.05, 3.63) is 10.6 Å². The van der Waals surface area contributed by atoms with Crippen LogP contribution in [-0.2, 0) is 16.0 Å². The van der Waals surface area contributed by atoms with E-state index in [1.165, 1.54) is 0 Å². The van der Waals surface area contributed by atoms with E-state index in [0.717, 1.165) is 22.1 Å². The predicted octanol–water partition coefficient (Wildman–Crippen LogP) is 2.48. The number of anilines is 1. The largest absolute Gasteiger partial charge is 0.481 e. The summed E-state index contributed by atoms with van der Waals surface area (Å²) >= 11 is 1.56. The molecule has 0 aliphatic heterocycles. The van der Waals surface area contributed by atoms with Gasteiger partial charge < -0.3 is 15.2 Å². The van der Waals surface area contributed by atoms with Crippen LogP contribution in [0.1, 0.15) is 43.7 Å². The van der Waals surface area contributed by atoms with Crippen molar-refractivity contribution in [3.63, 3.8) is 0 Å². The van der Waals surface area contributed by atoms with Crippen molar-refractivity contribution in [2.24, 2.45) is 0 Å². The molecule has 6 heteroatoms. The zero-order valence-electron chi connectivity index (χ0n) is 11.5. The fourth-order valence-electron chi connectivity index (χ4n) is 2.27. The highest BCUT2D eigenvalue weighted by atomic mass is 32.1. The summed E-state index contributed by atoms with van der Waals surface area (Å²) in [6, 6.07) is 0. The van der Waals surface area contributed by atoms with Crippen molar-refractivity contribution < 1.29 is 14.6 Å². The maximum absolute atomic E-state index is 11.1. The molecule has 1 aromatic heterocycles. The van der Waals surface area contributed by atoms with E-state index in [9.17, 15) is 4.79 Å². The third kappa shape index (κ3) is 3.25. The minimum Gasteiger partial charge on any atom is -0.481 e. The van der Waals surface area contributed by atoms with Crippen molar-refractivity contribution in [2.75, 3.05) is 18.5 Å². The minimum atomic E-state index is -0.773. The second-order valence-electron chi connectivity index (χ2n) is 5.30. The maximum atomic E-state index is 11.1. The lowest BCUT2D eigenvalue weighted by atomic mass is 10.1. The standard InChI is InChI=1S/C13H20N2O3S/c1-4-18-13(2,3)7-14-12-15-10-8(11(16)17)5-6-9(10)19-12/h8H,4-7H2,1-3H3,(H,14,15)(H,16,17). The number of aryl methyl sites for hydroxylation is 1. The van der Waals surface area contributed by atoms with E-state index in [0.29, 0.717) is 19.6 Å². The number of ether oxygens (including phenoxy) is 1. The van der Waals surface area contributed by atoms with Gasteiger partial charge in [-0.2, -0.15) is 0 Å². The maximum Gasteiger partial charge on any atom is 0.312 e. The highest BCUT2D eigenvalue weighted by Crippen LogP contribution is 2.38. The van der Waals surface area contributed by atoms with E-state index in [1.807, 2.05) is 20.8 Å². The van der Waals surface area contributed by atoms with Gasteiger partial charge in [0.2, 0.25) is 0 Å². The second kappa shape index (κ2) is 5.46. The molecule has 1 heterocycles. The van der Waals surface area contributed by atoms with Crippen LogP contribution >= 0.6 is 11.3 Å². The van der Waals surface area contributed by atoms with Gasteiger partial charge in [-0.05, 0) is 33.6 Å². The molecule has 0 fully saturated rings. The molecule has 5 nitrogen and oxygen atoms in total. The van der Waals surface area contributed by atoms with E-state index < -0.39 is 11.9 Å². The molecular weight excluding hydrogens is 264 g/mol. The number of hydrogen-bond donors (Lipinski definition) is 2. The van der Waals surface area contributed by atoms with Crippen LogP contribution in [0.5, 0.6) is 0 Å². The molecule has 0 radical (unpaired) electrons. The van der Waals surface area contributed by atoms with Crippen LogP contribution < -0.4 is 5.32 Å². The molecule has 19 heavy (non-hydrogen) atoms. The van der Waals surface area contributed by atoms with Crippen molar-refractivity contribution in [1.82, 2.24) is 4.98 Å². The van der Waals surface area contributed by atoms with Crippen molar-refractivity contribution in [3.8, 4) is 0 Å². The molecule has 1 atom stereocenters. The molecule has 0 saturated heterocycles. The monoisotopic (exact) mass is 284 g/mol. The first-order valence-corrected chi connectivity index (χ1v) is 7.35. The summed E-state index contributed by atoms with van der Waals surface area (Å²) < 4.78 is 5.61. The number of carboxylic acids is 1. The Bertz CT molecular complexity index is 470. The first-order chi connectivity index (χ1) is 8.93. The number of aliphatic carboxylic acids is 1. The fraction of sp³-hybridized carbons (Fsp3) is 0.692. The quantitative estimate of drug-likeness (QED) is 0.839. The van der Waals surface area contributed by atoms with Crippen LogP contribution in [0.4, 0.5) is 5.13 Å². The first kappa shape index (κ1) is 14.3. The van der Waals surface area contributed by atoms with E-state index in [1.54, 1.807) is 11.3 Å². The van der Waals surface area contributed by atoms with E-state index in [2.05, 4.69) is 10.3 Å². The Hall–Kier alpha value is -1.14. The molecule has 1 aliphatic carbocycles. The third-order valence-corrected chi connectivity index (χ3v) is 4.30. The Morgan fingerprint density at radius 3 is 3.00 bits per heavy atom. The summed E-state index contributed by atoms with van der Waals surface area (Å²) in [7, 11) is 0. The van der Waals surface area contributed by atoms with E-state index in [4.69, 9.17) is 9.84 Å². The number of carbonyl (C=O) groups is 1. The van der Waals surface area contributed by atoms with Crippen LogP contribution in [0.3, 0.4) is 0 Å². The number of fused-ring (bicyclic) bond motifs is 1. The highest BCUT2D eigenvalue weighted by Gasteiger charge is 2.32. The minimum absolute atomic E-state index is 0.253. The summed E-state index contributed by atoms with van der Waals surface area (Å²) in [6.45, 7) is 7.34. The zero-order chi connectivity index (χ0) is 14.0. The molecule has 1 aromatic rings. The molecule has 0 saturated carbocycles. The van der Waals surface area contributed by atoms with Gasteiger partial charge in [-0.25, -0.2) is 4.98 Å². The summed E-state index contributed by atoms with van der Waals surface area (Å²) in [5.41, 5.74) is 0.492. The van der Waals surface area contributed by atoms with Gasteiger partial charge in [0, 0.05) is 18.0 Å². The Morgan fingerprint density at radius 2 is 2.37 bits per heavy atom. The van der Waals surface area contributed by atoms with Crippen molar-refractivity contribution in [1.29, 1.82) is 0 Å². The van der Waals surface area contributed by atoms with Crippen LogP contribution in [0.2, 0.25) is 0 Å². The van der Waals surface area contributed by atoms with E-state index in [-0.39, 0.29) is 5.60 Å². The van der Waals surface area contributed by atoms with Gasteiger partial charge in [-0.1, -0.05) is 0 Å². The Balaban J connectivity index is 2.01. The molecule has 0 aromatic carbocycles. The number of carboxylic acid groups (broad SMARTS) is 1. The van der Waals surface area contributed by atoms with Crippen LogP contribution in [0.25, 0.3) is 0 Å². The Morgan fingerprint density at radius 1 is 1.63 bits per heavy atom. The number of thiazole rings is 1. The highest BCUT2D eigenvalue weighted by molar-refractivity contribution is 7.15. The van der Waals surface area contributed by atoms with Crippen molar-refractivity contribution in [2.45, 2.75) is 45.1 Å². The first-order valence-electron chi connectivity index (χ1n) is 6.53. The summed E-state index contributed by atoms with van der Waals surface area (Å²) in [6.07, 6.45) is 1.49. The van der Waals surface area contributed by atoms with Gasteiger partial charge in [-0.3, -0.25) is 4.79 Å². The normalized spacial score (nSPS) is 18.4. The molecular formula is C13H20N2O3S. The van der Waals surface area contributed by atoms with Gasteiger partial charge in [0.1, 0.15) is 5.92 Å². The molecule has 1 aliphatic rings. The second-order valence-corrected chi connectivity index (χ2v) is 6.39. The van der Waals surface area contributed by atoms with Crippen LogP contribution in [-0.4, -0.2) is 34.8 Å². The smallest absolute Gasteiger partial charge is 0.312 e. The van der Waals surface area contributed by atoms with Gasteiger partial charge in [-0.15, -0.1) is 11.3 Å². The molecule has 1 unspecified atom stereocenters. The topological polar surface area (TPSA) is 71.5 Å².